The van der Waals surface area contributed by atoms with Crippen LogP contribution < -0.4 is 10.6 Å². The van der Waals surface area contributed by atoms with Crippen LogP contribution in [0.2, 0.25) is 0 Å². The molecule has 1 aromatic heterocycles. The average molecular weight is 354 g/mol. The van der Waals surface area contributed by atoms with E-state index in [9.17, 15) is 13.6 Å². The molecule has 26 heavy (non-hydrogen) atoms. The highest BCUT2D eigenvalue weighted by molar-refractivity contribution is 6.00. The standard InChI is InChI=1S/C19H16F2N4O/c20-14-6-2-7-15(21)18(14)24-19(26)23-13-5-1-4-12(10-13)16-11-22-17-8-3-9-25(16)17/h1-2,4-7,10-11H,3,8-9H2,(H2,23,24,26). The van der Waals surface area contributed by atoms with Gasteiger partial charge in [-0.2, -0.15) is 0 Å². The Morgan fingerprint density at radius 3 is 2.65 bits per heavy atom. The Bertz CT molecular complexity index is 963. The molecule has 0 radical (unpaired) electrons. The van der Waals surface area contributed by atoms with Gasteiger partial charge in [0.25, 0.3) is 0 Å². The van der Waals surface area contributed by atoms with E-state index in [-0.39, 0.29) is 0 Å². The molecule has 2 N–H and O–H groups in total. The lowest BCUT2D eigenvalue weighted by molar-refractivity contribution is 0.262. The van der Waals surface area contributed by atoms with Crippen LogP contribution in [0.3, 0.4) is 0 Å². The third kappa shape index (κ3) is 3.03. The van der Waals surface area contributed by atoms with E-state index >= 15 is 0 Å². The molecule has 1 aliphatic rings. The minimum atomic E-state index is -0.830. The van der Waals surface area contributed by atoms with Crippen molar-refractivity contribution in [3.8, 4) is 11.3 Å². The average Bonchev–Trinajstić information content (AvgIpc) is 3.22. The summed E-state index contributed by atoms with van der Waals surface area (Å²) in [5.41, 5.74) is 1.95. The van der Waals surface area contributed by atoms with Gasteiger partial charge in [0.1, 0.15) is 23.1 Å². The molecular formula is C19H16F2N4O. The van der Waals surface area contributed by atoms with Crippen LogP contribution in [0, 0.1) is 11.6 Å². The summed E-state index contributed by atoms with van der Waals surface area (Å²) < 4.78 is 29.4. The Hall–Kier alpha value is -3.22. The van der Waals surface area contributed by atoms with Crippen LogP contribution >= 0.6 is 0 Å². The lowest BCUT2D eigenvalue weighted by atomic mass is 10.1. The fraction of sp³-hybridized carbons (Fsp3) is 0.158. The zero-order chi connectivity index (χ0) is 18.1. The molecule has 2 amide bonds. The molecule has 0 unspecified atom stereocenters. The number of nitrogens with one attached hydrogen (secondary N) is 2. The molecule has 7 heteroatoms. The van der Waals surface area contributed by atoms with E-state index in [2.05, 4.69) is 20.2 Å². The molecule has 2 aromatic carbocycles. The van der Waals surface area contributed by atoms with Gasteiger partial charge < -0.3 is 15.2 Å². The van der Waals surface area contributed by atoms with Crippen molar-refractivity contribution in [1.29, 1.82) is 0 Å². The zero-order valence-corrected chi connectivity index (χ0v) is 13.8. The summed E-state index contributed by atoms with van der Waals surface area (Å²) in [5, 5.41) is 4.81. The maximum atomic E-state index is 13.6. The predicted molar refractivity (Wildman–Crippen MR) is 95.0 cm³/mol. The summed E-state index contributed by atoms with van der Waals surface area (Å²) in [6.07, 6.45) is 3.86. The molecule has 0 bridgehead atoms. The van der Waals surface area contributed by atoms with Crippen LogP contribution in [0.4, 0.5) is 25.0 Å². The molecule has 132 valence electrons. The predicted octanol–water partition coefficient (Wildman–Crippen LogP) is 4.42. The molecule has 0 spiro atoms. The number of fused-ring (bicyclic) bond motifs is 1. The van der Waals surface area contributed by atoms with Gasteiger partial charge in [0, 0.05) is 24.2 Å². The molecule has 5 nitrogen and oxygen atoms in total. The summed E-state index contributed by atoms with van der Waals surface area (Å²) in [4.78, 5) is 16.5. The van der Waals surface area contributed by atoms with Gasteiger partial charge in [0.2, 0.25) is 0 Å². The molecule has 0 saturated carbocycles. The van der Waals surface area contributed by atoms with Crippen LogP contribution in [-0.4, -0.2) is 15.6 Å². The monoisotopic (exact) mass is 354 g/mol. The molecule has 0 atom stereocenters. The Morgan fingerprint density at radius 1 is 1.08 bits per heavy atom. The first kappa shape index (κ1) is 16.3. The Labute approximate surface area is 148 Å². The van der Waals surface area contributed by atoms with Gasteiger partial charge in [0.05, 0.1) is 11.9 Å². The van der Waals surface area contributed by atoms with Crippen molar-refractivity contribution in [3.05, 3.63) is 66.1 Å². The van der Waals surface area contributed by atoms with Crippen molar-refractivity contribution in [2.75, 3.05) is 10.6 Å². The van der Waals surface area contributed by atoms with Crippen molar-refractivity contribution in [3.63, 3.8) is 0 Å². The second-order valence-electron chi connectivity index (χ2n) is 6.07. The summed E-state index contributed by atoms with van der Waals surface area (Å²) in [6, 6.07) is 9.94. The Kier molecular flexibility index (Phi) is 4.12. The fourth-order valence-electron chi connectivity index (χ4n) is 3.14. The number of aromatic nitrogens is 2. The molecule has 3 aromatic rings. The number of carbonyl (C=O) groups is 1. The number of carbonyl (C=O) groups excluding carboxylic acids is 1. The zero-order valence-electron chi connectivity index (χ0n) is 13.8. The van der Waals surface area contributed by atoms with Gasteiger partial charge in [-0.15, -0.1) is 0 Å². The van der Waals surface area contributed by atoms with Crippen molar-refractivity contribution < 1.29 is 13.6 Å². The number of nitrogens with zero attached hydrogens (tertiary/aromatic N) is 2. The first-order valence-corrected chi connectivity index (χ1v) is 8.28. The number of hydrogen-bond donors (Lipinski definition) is 2. The van der Waals surface area contributed by atoms with Gasteiger partial charge >= 0.3 is 6.03 Å². The molecule has 1 aliphatic heterocycles. The van der Waals surface area contributed by atoms with E-state index in [0.29, 0.717) is 5.69 Å². The number of amides is 2. The highest BCUT2D eigenvalue weighted by atomic mass is 19.1. The lowest BCUT2D eigenvalue weighted by Gasteiger charge is -2.11. The number of aryl methyl sites for hydroxylation is 1. The first-order chi connectivity index (χ1) is 12.6. The van der Waals surface area contributed by atoms with E-state index in [4.69, 9.17) is 0 Å². The van der Waals surface area contributed by atoms with Crippen molar-refractivity contribution in [1.82, 2.24) is 9.55 Å². The van der Waals surface area contributed by atoms with E-state index in [0.717, 1.165) is 48.6 Å². The number of rotatable bonds is 3. The summed E-state index contributed by atoms with van der Waals surface area (Å²) in [7, 11) is 0. The molecular weight excluding hydrogens is 338 g/mol. The van der Waals surface area contributed by atoms with Gasteiger partial charge in [0.15, 0.2) is 0 Å². The maximum Gasteiger partial charge on any atom is 0.323 e. The number of urea groups is 1. The topological polar surface area (TPSA) is 59.0 Å². The number of halogens is 2. The third-order valence-electron chi connectivity index (χ3n) is 4.34. The second-order valence-corrected chi connectivity index (χ2v) is 6.07. The normalized spacial score (nSPS) is 12.7. The summed E-state index contributed by atoms with van der Waals surface area (Å²) in [5.74, 6) is -0.599. The molecule has 0 fully saturated rings. The molecule has 0 aliphatic carbocycles. The van der Waals surface area contributed by atoms with Crippen LogP contribution in [0.5, 0.6) is 0 Å². The summed E-state index contributed by atoms with van der Waals surface area (Å²) >= 11 is 0. The van der Waals surface area contributed by atoms with Gasteiger partial charge in [-0.05, 0) is 30.7 Å². The van der Waals surface area contributed by atoms with Crippen molar-refractivity contribution in [2.45, 2.75) is 19.4 Å². The third-order valence-corrected chi connectivity index (χ3v) is 4.34. The van der Waals surface area contributed by atoms with Gasteiger partial charge in [-0.3, -0.25) is 0 Å². The van der Waals surface area contributed by atoms with Crippen molar-refractivity contribution >= 4 is 17.4 Å². The number of hydrogen-bond acceptors (Lipinski definition) is 2. The Morgan fingerprint density at radius 2 is 1.85 bits per heavy atom. The van der Waals surface area contributed by atoms with Crippen LogP contribution in [0.15, 0.2) is 48.7 Å². The molecule has 4 rings (SSSR count). The minimum absolute atomic E-state index is 0.477. The smallest absolute Gasteiger partial charge is 0.323 e. The van der Waals surface area contributed by atoms with E-state index in [1.165, 1.54) is 6.07 Å². The largest absolute Gasteiger partial charge is 0.328 e. The van der Waals surface area contributed by atoms with Crippen molar-refractivity contribution in [2.24, 2.45) is 0 Å². The van der Waals surface area contributed by atoms with E-state index < -0.39 is 23.4 Å². The number of anilines is 2. The minimum Gasteiger partial charge on any atom is -0.328 e. The molecule has 0 saturated heterocycles. The van der Waals surface area contributed by atoms with Crippen LogP contribution in [0.25, 0.3) is 11.3 Å². The lowest BCUT2D eigenvalue weighted by Crippen LogP contribution is -2.21. The number of para-hydroxylation sites is 1. The van der Waals surface area contributed by atoms with Crippen LogP contribution in [-0.2, 0) is 13.0 Å². The van der Waals surface area contributed by atoms with Gasteiger partial charge in [-0.25, -0.2) is 18.6 Å². The van der Waals surface area contributed by atoms with E-state index in [1.807, 2.05) is 18.3 Å². The number of imidazole rings is 1. The highest BCUT2D eigenvalue weighted by Gasteiger charge is 2.17. The maximum absolute atomic E-state index is 13.6. The second kappa shape index (κ2) is 6.59. The first-order valence-electron chi connectivity index (χ1n) is 8.28. The molecule has 2 heterocycles. The quantitative estimate of drug-likeness (QED) is 0.731. The van der Waals surface area contributed by atoms with Gasteiger partial charge in [-0.1, -0.05) is 18.2 Å². The SMILES string of the molecule is O=C(Nc1cccc(-c2cnc3n2CCC3)c1)Nc1c(F)cccc1F. The summed E-state index contributed by atoms with van der Waals surface area (Å²) in [6.45, 7) is 0.926. The Balaban J connectivity index is 1.53. The van der Waals surface area contributed by atoms with E-state index in [1.54, 1.807) is 12.1 Å². The number of benzene rings is 2. The van der Waals surface area contributed by atoms with Crippen LogP contribution in [0.1, 0.15) is 12.2 Å². The fourth-order valence-corrected chi connectivity index (χ4v) is 3.14. The highest BCUT2D eigenvalue weighted by Crippen LogP contribution is 2.27.